The Labute approximate surface area is 94.4 Å². The molecule has 1 aromatic carbocycles. The molecule has 2 atom stereocenters. The minimum atomic E-state index is -0.518. The summed E-state index contributed by atoms with van der Waals surface area (Å²) < 4.78 is 10.7. The SMILES string of the molecule is O=C1OC2CCCCC2(c2ccccc2)O1. The zero-order valence-corrected chi connectivity index (χ0v) is 9.02. The van der Waals surface area contributed by atoms with Gasteiger partial charge in [0.2, 0.25) is 0 Å². The van der Waals surface area contributed by atoms with Crippen molar-refractivity contribution < 1.29 is 14.3 Å². The van der Waals surface area contributed by atoms with Gasteiger partial charge in [-0.15, -0.1) is 0 Å². The normalized spacial score (nSPS) is 32.8. The van der Waals surface area contributed by atoms with E-state index in [0.29, 0.717) is 0 Å². The second-order valence-electron chi connectivity index (χ2n) is 4.46. The van der Waals surface area contributed by atoms with Crippen molar-refractivity contribution in [2.75, 3.05) is 0 Å². The molecule has 3 rings (SSSR count). The highest BCUT2D eigenvalue weighted by atomic mass is 16.8. The summed E-state index contributed by atoms with van der Waals surface area (Å²) >= 11 is 0. The minimum Gasteiger partial charge on any atom is -0.426 e. The molecule has 1 aromatic rings. The molecule has 1 heterocycles. The molecule has 16 heavy (non-hydrogen) atoms. The second-order valence-corrected chi connectivity index (χ2v) is 4.46. The van der Waals surface area contributed by atoms with Crippen LogP contribution in [0.25, 0.3) is 0 Å². The fourth-order valence-corrected chi connectivity index (χ4v) is 2.78. The molecule has 1 aliphatic carbocycles. The molecule has 1 saturated carbocycles. The zero-order chi connectivity index (χ0) is 11.0. The van der Waals surface area contributed by atoms with Gasteiger partial charge < -0.3 is 9.47 Å². The molecular formula is C13H14O3. The monoisotopic (exact) mass is 218 g/mol. The smallest absolute Gasteiger partial charge is 0.426 e. The van der Waals surface area contributed by atoms with Crippen LogP contribution >= 0.6 is 0 Å². The molecule has 1 aliphatic heterocycles. The predicted molar refractivity (Wildman–Crippen MR) is 57.9 cm³/mol. The summed E-state index contributed by atoms with van der Waals surface area (Å²) in [4.78, 5) is 11.3. The van der Waals surface area contributed by atoms with Gasteiger partial charge >= 0.3 is 6.16 Å². The Morgan fingerprint density at radius 1 is 1.19 bits per heavy atom. The lowest BCUT2D eigenvalue weighted by atomic mass is 9.77. The summed E-state index contributed by atoms with van der Waals surface area (Å²) in [5.74, 6) is 0. The highest BCUT2D eigenvalue weighted by Gasteiger charge is 2.53. The Morgan fingerprint density at radius 3 is 2.81 bits per heavy atom. The van der Waals surface area contributed by atoms with E-state index < -0.39 is 11.8 Å². The minimum absolute atomic E-state index is 0.101. The molecule has 0 bridgehead atoms. The van der Waals surface area contributed by atoms with Gasteiger partial charge in [-0.3, -0.25) is 0 Å². The Hall–Kier alpha value is -1.51. The molecule has 0 spiro atoms. The Kier molecular flexibility index (Phi) is 2.13. The van der Waals surface area contributed by atoms with Gasteiger partial charge in [-0.2, -0.15) is 0 Å². The van der Waals surface area contributed by atoms with Gasteiger partial charge in [0, 0.05) is 0 Å². The molecule has 2 fully saturated rings. The summed E-state index contributed by atoms with van der Waals surface area (Å²) in [7, 11) is 0. The summed E-state index contributed by atoms with van der Waals surface area (Å²) in [6.07, 6.45) is 3.35. The first kappa shape index (κ1) is 9.70. The van der Waals surface area contributed by atoms with Crippen molar-refractivity contribution in [2.45, 2.75) is 37.4 Å². The maximum absolute atomic E-state index is 11.3. The van der Waals surface area contributed by atoms with Crippen molar-refractivity contribution >= 4 is 6.16 Å². The first-order chi connectivity index (χ1) is 7.81. The van der Waals surface area contributed by atoms with Crippen LogP contribution in [0.2, 0.25) is 0 Å². The summed E-state index contributed by atoms with van der Waals surface area (Å²) in [6.45, 7) is 0. The van der Waals surface area contributed by atoms with Crippen molar-refractivity contribution in [1.82, 2.24) is 0 Å². The van der Waals surface area contributed by atoms with Gasteiger partial charge in [-0.1, -0.05) is 30.3 Å². The third-order valence-corrected chi connectivity index (χ3v) is 3.55. The van der Waals surface area contributed by atoms with Gasteiger partial charge in [0.05, 0.1) is 0 Å². The standard InChI is InChI=1S/C13H14O3/c14-12-15-11-8-4-5-9-13(11,16-12)10-6-2-1-3-7-10/h1-3,6-7,11H,4-5,8-9H2. The van der Waals surface area contributed by atoms with Crippen LogP contribution in [0.1, 0.15) is 31.2 Å². The van der Waals surface area contributed by atoms with Crippen molar-refractivity contribution in [3.8, 4) is 0 Å². The number of hydrogen-bond acceptors (Lipinski definition) is 3. The van der Waals surface area contributed by atoms with Crippen molar-refractivity contribution in [3.05, 3.63) is 35.9 Å². The fraction of sp³-hybridized carbons (Fsp3) is 0.462. The molecule has 1 saturated heterocycles. The third kappa shape index (κ3) is 1.31. The van der Waals surface area contributed by atoms with Crippen molar-refractivity contribution in [2.24, 2.45) is 0 Å². The van der Waals surface area contributed by atoms with Crippen LogP contribution in [-0.4, -0.2) is 12.3 Å². The number of hydrogen-bond donors (Lipinski definition) is 0. The molecule has 0 N–H and O–H groups in total. The van der Waals surface area contributed by atoms with Gasteiger partial charge in [0.25, 0.3) is 0 Å². The molecule has 0 radical (unpaired) electrons. The van der Waals surface area contributed by atoms with E-state index in [0.717, 1.165) is 31.2 Å². The lowest BCUT2D eigenvalue weighted by Gasteiger charge is -2.34. The molecule has 2 unspecified atom stereocenters. The quantitative estimate of drug-likeness (QED) is 0.680. The Bertz CT molecular complexity index is 401. The average molecular weight is 218 g/mol. The van der Waals surface area contributed by atoms with Crippen LogP contribution in [-0.2, 0) is 15.1 Å². The average Bonchev–Trinajstić information content (AvgIpc) is 2.67. The van der Waals surface area contributed by atoms with Gasteiger partial charge in [-0.25, -0.2) is 4.79 Å². The van der Waals surface area contributed by atoms with E-state index in [2.05, 4.69) is 0 Å². The first-order valence-corrected chi connectivity index (χ1v) is 5.76. The third-order valence-electron chi connectivity index (χ3n) is 3.55. The van der Waals surface area contributed by atoms with E-state index in [1.54, 1.807) is 0 Å². The van der Waals surface area contributed by atoms with E-state index in [4.69, 9.17) is 9.47 Å². The maximum Gasteiger partial charge on any atom is 0.509 e. The molecule has 84 valence electrons. The van der Waals surface area contributed by atoms with Crippen LogP contribution in [0, 0.1) is 0 Å². The number of fused-ring (bicyclic) bond motifs is 1. The fourth-order valence-electron chi connectivity index (χ4n) is 2.78. The van der Waals surface area contributed by atoms with Gasteiger partial charge in [-0.05, 0) is 31.2 Å². The van der Waals surface area contributed by atoms with Crippen molar-refractivity contribution in [3.63, 3.8) is 0 Å². The summed E-state index contributed by atoms with van der Waals surface area (Å²) in [5, 5.41) is 0. The van der Waals surface area contributed by atoms with Crippen LogP contribution in [0.4, 0.5) is 4.79 Å². The van der Waals surface area contributed by atoms with E-state index in [9.17, 15) is 4.79 Å². The number of ether oxygens (including phenoxy) is 2. The largest absolute Gasteiger partial charge is 0.509 e. The van der Waals surface area contributed by atoms with Crippen LogP contribution < -0.4 is 0 Å². The van der Waals surface area contributed by atoms with Gasteiger partial charge in [0.15, 0.2) is 5.60 Å². The highest BCUT2D eigenvalue weighted by molar-refractivity contribution is 5.64. The molecule has 2 aliphatic rings. The zero-order valence-electron chi connectivity index (χ0n) is 9.02. The van der Waals surface area contributed by atoms with Gasteiger partial charge in [0.1, 0.15) is 6.10 Å². The number of benzene rings is 1. The Balaban J connectivity index is 2.03. The van der Waals surface area contributed by atoms with E-state index >= 15 is 0 Å². The molecule has 3 heteroatoms. The second kappa shape index (κ2) is 3.51. The van der Waals surface area contributed by atoms with Crippen LogP contribution in [0.5, 0.6) is 0 Å². The lowest BCUT2D eigenvalue weighted by molar-refractivity contribution is -0.00727. The first-order valence-electron chi connectivity index (χ1n) is 5.76. The molecule has 0 amide bonds. The predicted octanol–water partition coefficient (Wildman–Crippen LogP) is 2.99. The Morgan fingerprint density at radius 2 is 2.00 bits per heavy atom. The van der Waals surface area contributed by atoms with Crippen LogP contribution in [0.3, 0.4) is 0 Å². The summed E-state index contributed by atoms with van der Waals surface area (Å²) in [6, 6.07) is 9.94. The lowest BCUT2D eigenvalue weighted by Crippen LogP contribution is -2.39. The van der Waals surface area contributed by atoms with Crippen molar-refractivity contribution in [1.29, 1.82) is 0 Å². The van der Waals surface area contributed by atoms with E-state index in [1.807, 2.05) is 30.3 Å². The van der Waals surface area contributed by atoms with E-state index in [1.165, 1.54) is 0 Å². The number of carbonyl (C=O) groups is 1. The summed E-state index contributed by atoms with van der Waals surface area (Å²) in [5.41, 5.74) is 0.543. The topological polar surface area (TPSA) is 35.5 Å². The maximum atomic E-state index is 11.3. The highest BCUT2D eigenvalue weighted by Crippen LogP contribution is 2.46. The number of rotatable bonds is 1. The van der Waals surface area contributed by atoms with E-state index in [-0.39, 0.29) is 6.10 Å². The molecular weight excluding hydrogens is 204 g/mol. The molecule has 3 nitrogen and oxygen atoms in total. The number of carbonyl (C=O) groups excluding carboxylic acids is 1. The molecule has 0 aromatic heterocycles. The van der Waals surface area contributed by atoms with Crippen LogP contribution in [0.15, 0.2) is 30.3 Å².